The minimum Gasteiger partial charge on any atom is -0.464 e. The molecule has 20 heavy (non-hydrogen) atoms. The van der Waals surface area contributed by atoms with Gasteiger partial charge in [-0.25, -0.2) is 9.48 Å². The topological polar surface area (TPSA) is 66.2 Å². The SMILES string of the molecule is COCCc1c(C(=O)OC)nnn1C1CCC(C)CC1. The molecule has 0 radical (unpaired) electrons. The highest BCUT2D eigenvalue weighted by molar-refractivity contribution is 5.88. The molecular formula is C14H23N3O3. The Balaban J connectivity index is 2.22. The maximum absolute atomic E-state index is 11.8. The molecule has 0 spiro atoms. The van der Waals surface area contributed by atoms with Crippen LogP contribution in [0.4, 0.5) is 0 Å². The Morgan fingerprint density at radius 3 is 2.60 bits per heavy atom. The Hall–Kier alpha value is -1.43. The molecule has 0 bridgehead atoms. The molecule has 1 fully saturated rings. The second-order valence-electron chi connectivity index (χ2n) is 5.48. The van der Waals surface area contributed by atoms with Crippen LogP contribution in [0.25, 0.3) is 0 Å². The standard InChI is InChI=1S/C14H23N3O3/c1-10-4-6-11(7-5-10)17-12(8-9-19-2)13(15-16-17)14(18)20-3/h10-11H,4-9H2,1-3H3. The van der Waals surface area contributed by atoms with Gasteiger partial charge in [0.2, 0.25) is 0 Å². The predicted octanol–water partition coefficient (Wildman–Crippen LogP) is 2.00. The first-order valence-corrected chi connectivity index (χ1v) is 7.18. The van der Waals surface area contributed by atoms with Crippen molar-refractivity contribution in [1.82, 2.24) is 15.0 Å². The number of hydrogen-bond acceptors (Lipinski definition) is 5. The first-order valence-electron chi connectivity index (χ1n) is 7.18. The average Bonchev–Trinajstić information content (AvgIpc) is 2.88. The molecule has 1 aromatic heterocycles. The van der Waals surface area contributed by atoms with E-state index in [-0.39, 0.29) is 0 Å². The van der Waals surface area contributed by atoms with E-state index in [4.69, 9.17) is 9.47 Å². The molecule has 1 heterocycles. The molecule has 0 unspecified atom stereocenters. The molecule has 0 amide bonds. The van der Waals surface area contributed by atoms with Crippen LogP contribution in [-0.4, -0.2) is 41.8 Å². The zero-order valence-corrected chi connectivity index (χ0v) is 12.5. The lowest BCUT2D eigenvalue weighted by molar-refractivity contribution is 0.0592. The average molecular weight is 281 g/mol. The molecule has 6 nitrogen and oxygen atoms in total. The molecular weight excluding hydrogens is 258 g/mol. The molecule has 1 saturated carbocycles. The summed E-state index contributed by atoms with van der Waals surface area (Å²) in [6.07, 6.45) is 5.19. The van der Waals surface area contributed by atoms with Gasteiger partial charge in [0.1, 0.15) is 0 Å². The van der Waals surface area contributed by atoms with Gasteiger partial charge in [-0.05, 0) is 31.6 Å². The fourth-order valence-electron chi connectivity index (χ4n) is 2.78. The molecule has 0 aliphatic heterocycles. The van der Waals surface area contributed by atoms with Gasteiger partial charge in [0.05, 0.1) is 25.5 Å². The van der Waals surface area contributed by atoms with Gasteiger partial charge in [0.25, 0.3) is 0 Å². The van der Waals surface area contributed by atoms with Crippen molar-refractivity contribution in [3.63, 3.8) is 0 Å². The third-order valence-electron chi connectivity index (χ3n) is 4.04. The van der Waals surface area contributed by atoms with E-state index < -0.39 is 5.97 Å². The number of hydrogen-bond donors (Lipinski definition) is 0. The third kappa shape index (κ3) is 3.17. The van der Waals surface area contributed by atoms with Crippen molar-refractivity contribution in [2.45, 2.75) is 45.1 Å². The van der Waals surface area contributed by atoms with Gasteiger partial charge in [-0.3, -0.25) is 0 Å². The van der Waals surface area contributed by atoms with Crippen LogP contribution < -0.4 is 0 Å². The maximum Gasteiger partial charge on any atom is 0.360 e. The first-order chi connectivity index (χ1) is 9.67. The molecule has 6 heteroatoms. The molecule has 0 atom stereocenters. The van der Waals surface area contributed by atoms with Gasteiger partial charge < -0.3 is 9.47 Å². The Labute approximate surface area is 119 Å². The Kier molecular flexibility index (Phi) is 5.11. The predicted molar refractivity (Wildman–Crippen MR) is 73.6 cm³/mol. The lowest BCUT2D eigenvalue weighted by Crippen LogP contribution is -2.21. The van der Waals surface area contributed by atoms with E-state index in [9.17, 15) is 4.79 Å². The molecule has 2 rings (SSSR count). The van der Waals surface area contributed by atoms with Gasteiger partial charge in [-0.15, -0.1) is 5.10 Å². The van der Waals surface area contributed by atoms with Crippen LogP contribution in [0.1, 0.15) is 54.8 Å². The Bertz CT molecular complexity index is 451. The molecule has 0 saturated heterocycles. The number of nitrogens with zero attached hydrogens (tertiary/aromatic N) is 3. The van der Waals surface area contributed by atoms with E-state index >= 15 is 0 Å². The zero-order valence-electron chi connectivity index (χ0n) is 12.5. The van der Waals surface area contributed by atoms with Crippen LogP contribution in [0.15, 0.2) is 0 Å². The second-order valence-corrected chi connectivity index (χ2v) is 5.48. The van der Waals surface area contributed by atoms with Gasteiger partial charge in [0, 0.05) is 13.5 Å². The van der Waals surface area contributed by atoms with E-state index in [1.807, 2.05) is 4.68 Å². The zero-order chi connectivity index (χ0) is 14.5. The number of esters is 1. The van der Waals surface area contributed by atoms with E-state index in [1.165, 1.54) is 20.0 Å². The first kappa shape index (κ1) is 15.0. The molecule has 1 aliphatic rings. The Morgan fingerprint density at radius 1 is 1.30 bits per heavy atom. The lowest BCUT2D eigenvalue weighted by atomic mass is 9.87. The summed E-state index contributed by atoms with van der Waals surface area (Å²) in [5.74, 6) is 0.351. The molecule has 1 aliphatic carbocycles. The molecule has 0 N–H and O–H groups in total. The van der Waals surface area contributed by atoms with Crippen LogP contribution in [0, 0.1) is 5.92 Å². The summed E-state index contributed by atoms with van der Waals surface area (Å²) in [7, 11) is 3.01. The summed E-state index contributed by atoms with van der Waals surface area (Å²) >= 11 is 0. The van der Waals surface area contributed by atoms with Crippen LogP contribution in [0.5, 0.6) is 0 Å². The largest absolute Gasteiger partial charge is 0.464 e. The number of methoxy groups -OCH3 is 2. The van der Waals surface area contributed by atoms with E-state index in [0.29, 0.717) is 24.8 Å². The molecule has 0 aromatic carbocycles. The van der Waals surface area contributed by atoms with Crippen molar-refractivity contribution in [3.05, 3.63) is 11.4 Å². The quantitative estimate of drug-likeness (QED) is 0.772. The summed E-state index contributed by atoms with van der Waals surface area (Å²) in [6, 6.07) is 0.337. The summed E-state index contributed by atoms with van der Waals surface area (Å²) in [4.78, 5) is 11.8. The molecule has 112 valence electrons. The van der Waals surface area contributed by atoms with Crippen molar-refractivity contribution >= 4 is 5.97 Å². The van der Waals surface area contributed by atoms with E-state index in [0.717, 1.165) is 24.5 Å². The van der Waals surface area contributed by atoms with Crippen LogP contribution in [0.2, 0.25) is 0 Å². The van der Waals surface area contributed by atoms with Crippen molar-refractivity contribution in [3.8, 4) is 0 Å². The summed E-state index contributed by atoms with van der Waals surface area (Å²) in [5.41, 5.74) is 1.15. The van der Waals surface area contributed by atoms with Crippen molar-refractivity contribution < 1.29 is 14.3 Å². The number of carbonyl (C=O) groups excluding carboxylic acids is 1. The van der Waals surface area contributed by atoms with Gasteiger partial charge in [-0.2, -0.15) is 0 Å². The minimum absolute atomic E-state index is 0.322. The van der Waals surface area contributed by atoms with Crippen molar-refractivity contribution in [2.75, 3.05) is 20.8 Å². The van der Waals surface area contributed by atoms with Crippen LogP contribution in [-0.2, 0) is 15.9 Å². The van der Waals surface area contributed by atoms with Gasteiger partial charge in [-0.1, -0.05) is 12.1 Å². The number of ether oxygens (including phenoxy) is 2. The summed E-state index contributed by atoms with van der Waals surface area (Å²) in [6.45, 7) is 2.82. The maximum atomic E-state index is 11.8. The van der Waals surface area contributed by atoms with Crippen molar-refractivity contribution in [2.24, 2.45) is 5.92 Å². The van der Waals surface area contributed by atoms with Gasteiger partial charge >= 0.3 is 5.97 Å². The van der Waals surface area contributed by atoms with E-state index in [2.05, 4.69) is 17.2 Å². The summed E-state index contributed by atoms with van der Waals surface area (Å²) < 4.78 is 11.8. The van der Waals surface area contributed by atoms with Crippen LogP contribution >= 0.6 is 0 Å². The summed E-state index contributed by atoms with van der Waals surface area (Å²) in [5, 5.41) is 8.21. The highest BCUT2D eigenvalue weighted by atomic mass is 16.5. The minimum atomic E-state index is -0.425. The lowest BCUT2D eigenvalue weighted by Gasteiger charge is -2.27. The second kappa shape index (κ2) is 6.83. The van der Waals surface area contributed by atoms with Gasteiger partial charge in [0.15, 0.2) is 5.69 Å². The number of carbonyl (C=O) groups is 1. The monoisotopic (exact) mass is 281 g/mol. The van der Waals surface area contributed by atoms with Crippen molar-refractivity contribution in [1.29, 1.82) is 0 Å². The van der Waals surface area contributed by atoms with Crippen LogP contribution in [0.3, 0.4) is 0 Å². The fourth-order valence-corrected chi connectivity index (χ4v) is 2.78. The molecule has 1 aromatic rings. The number of aromatic nitrogens is 3. The highest BCUT2D eigenvalue weighted by Crippen LogP contribution is 2.32. The van der Waals surface area contributed by atoms with E-state index in [1.54, 1.807) is 7.11 Å². The highest BCUT2D eigenvalue weighted by Gasteiger charge is 2.27. The Morgan fingerprint density at radius 2 is 2.00 bits per heavy atom. The number of rotatable bonds is 5. The normalized spacial score (nSPS) is 22.8. The fraction of sp³-hybridized carbons (Fsp3) is 0.786. The third-order valence-corrected chi connectivity index (χ3v) is 4.04. The smallest absolute Gasteiger partial charge is 0.360 e.